The van der Waals surface area contributed by atoms with Gasteiger partial charge < -0.3 is 4.74 Å². The van der Waals surface area contributed by atoms with Crippen molar-refractivity contribution in [3.05, 3.63) is 25.3 Å². The molecule has 0 unspecified atom stereocenters. The van der Waals surface area contributed by atoms with Gasteiger partial charge in [-0.1, -0.05) is 19.1 Å². The molecule has 0 spiro atoms. The molecule has 4 heteroatoms. The third-order valence-electron chi connectivity index (χ3n) is 4.69. The molecule has 0 saturated carbocycles. The van der Waals surface area contributed by atoms with Gasteiger partial charge in [0.25, 0.3) is 0 Å². The maximum Gasteiger partial charge on any atom is 0.410 e. The van der Waals surface area contributed by atoms with Gasteiger partial charge >= 0.3 is 6.09 Å². The van der Waals surface area contributed by atoms with E-state index in [0.29, 0.717) is 12.0 Å². The average molecular weight is 306 g/mol. The summed E-state index contributed by atoms with van der Waals surface area (Å²) in [6, 6.07) is 0.761. The number of hydrogen-bond donors (Lipinski definition) is 0. The number of amides is 1. The number of carbonyl (C=O) groups excluding carboxylic acids is 1. The Morgan fingerprint density at radius 3 is 2.59 bits per heavy atom. The zero-order valence-corrected chi connectivity index (χ0v) is 14.4. The average Bonchev–Trinajstić information content (AvgIpc) is 2.72. The van der Waals surface area contributed by atoms with Crippen LogP contribution in [-0.2, 0) is 4.74 Å². The van der Waals surface area contributed by atoms with Crippen LogP contribution >= 0.6 is 0 Å². The maximum atomic E-state index is 12.6. The summed E-state index contributed by atoms with van der Waals surface area (Å²) in [6.45, 7) is 17.5. The molecule has 4 atom stereocenters. The quantitative estimate of drug-likeness (QED) is 0.746. The number of ether oxygens (including phenoxy) is 1. The zero-order valence-electron chi connectivity index (χ0n) is 14.4. The van der Waals surface area contributed by atoms with Crippen molar-refractivity contribution in [1.82, 2.24) is 9.80 Å². The molecular weight excluding hydrogens is 276 g/mol. The van der Waals surface area contributed by atoms with Gasteiger partial charge in [-0.05, 0) is 39.5 Å². The van der Waals surface area contributed by atoms with Crippen molar-refractivity contribution in [2.45, 2.75) is 64.3 Å². The lowest BCUT2D eigenvalue weighted by Crippen LogP contribution is -2.63. The van der Waals surface area contributed by atoms with E-state index in [-0.39, 0.29) is 18.2 Å². The molecule has 0 radical (unpaired) electrons. The van der Waals surface area contributed by atoms with Gasteiger partial charge in [0, 0.05) is 25.2 Å². The fourth-order valence-electron chi connectivity index (χ4n) is 3.85. The zero-order chi connectivity index (χ0) is 16.5. The van der Waals surface area contributed by atoms with Crippen molar-refractivity contribution in [2.24, 2.45) is 5.92 Å². The first kappa shape index (κ1) is 17.1. The van der Waals surface area contributed by atoms with E-state index in [1.807, 2.05) is 37.8 Å². The Bertz CT molecular complexity index is 441. The predicted molar refractivity (Wildman–Crippen MR) is 89.8 cm³/mol. The first-order valence-corrected chi connectivity index (χ1v) is 8.27. The third-order valence-corrected chi connectivity index (χ3v) is 4.69. The Morgan fingerprint density at radius 1 is 1.36 bits per heavy atom. The lowest BCUT2D eigenvalue weighted by molar-refractivity contribution is -0.0259. The van der Waals surface area contributed by atoms with Gasteiger partial charge in [0.2, 0.25) is 0 Å². The van der Waals surface area contributed by atoms with Gasteiger partial charge in [0.1, 0.15) is 5.60 Å². The lowest BCUT2D eigenvalue weighted by Gasteiger charge is -2.48. The van der Waals surface area contributed by atoms with Gasteiger partial charge in [-0.25, -0.2) is 4.79 Å². The Hall–Kier alpha value is -1.29. The van der Waals surface area contributed by atoms with Crippen molar-refractivity contribution in [1.29, 1.82) is 0 Å². The second-order valence-corrected chi connectivity index (χ2v) is 7.51. The Kier molecular flexibility index (Phi) is 5.00. The summed E-state index contributed by atoms with van der Waals surface area (Å²) in [7, 11) is 0. The Morgan fingerprint density at radius 2 is 2.05 bits per heavy atom. The molecule has 0 aliphatic carbocycles. The first-order valence-electron chi connectivity index (χ1n) is 8.27. The van der Waals surface area contributed by atoms with E-state index in [1.54, 1.807) is 0 Å². The number of piperazine rings is 1. The molecule has 0 aromatic heterocycles. The Labute approximate surface area is 134 Å². The Balaban J connectivity index is 2.23. The van der Waals surface area contributed by atoms with Crippen molar-refractivity contribution < 1.29 is 9.53 Å². The van der Waals surface area contributed by atoms with Crippen LogP contribution in [0.1, 0.15) is 40.5 Å². The number of rotatable bonds is 4. The molecule has 124 valence electrons. The van der Waals surface area contributed by atoms with Crippen LogP contribution in [0.5, 0.6) is 0 Å². The van der Waals surface area contributed by atoms with Crippen LogP contribution in [0, 0.1) is 5.92 Å². The molecule has 4 nitrogen and oxygen atoms in total. The molecular formula is C18H30N2O2. The number of carbonyl (C=O) groups is 1. The highest BCUT2D eigenvalue weighted by molar-refractivity contribution is 5.70. The van der Waals surface area contributed by atoms with E-state index < -0.39 is 5.60 Å². The number of nitrogens with zero attached hydrogens (tertiary/aromatic N) is 2. The van der Waals surface area contributed by atoms with Crippen LogP contribution in [-0.4, -0.2) is 52.7 Å². The highest BCUT2D eigenvalue weighted by Gasteiger charge is 2.50. The van der Waals surface area contributed by atoms with E-state index in [9.17, 15) is 4.79 Å². The van der Waals surface area contributed by atoms with E-state index >= 15 is 0 Å². The van der Waals surface area contributed by atoms with Gasteiger partial charge in [-0.3, -0.25) is 9.80 Å². The van der Waals surface area contributed by atoms with Gasteiger partial charge in [-0.2, -0.15) is 0 Å². The minimum absolute atomic E-state index is 0.167. The van der Waals surface area contributed by atoms with Crippen molar-refractivity contribution in [3.63, 3.8) is 0 Å². The largest absolute Gasteiger partial charge is 0.444 e. The van der Waals surface area contributed by atoms with Gasteiger partial charge in [0.05, 0.1) is 6.04 Å². The molecule has 2 heterocycles. The van der Waals surface area contributed by atoms with E-state index in [0.717, 1.165) is 25.9 Å². The molecule has 2 saturated heterocycles. The van der Waals surface area contributed by atoms with E-state index in [2.05, 4.69) is 25.0 Å². The minimum atomic E-state index is -0.450. The van der Waals surface area contributed by atoms with E-state index in [4.69, 9.17) is 4.74 Å². The van der Waals surface area contributed by atoms with Crippen LogP contribution in [0.4, 0.5) is 4.79 Å². The van der Waals surface area contributed by atoms with Crippen molar-refractivity contribution in [3.8, 4) is 0 Å². The summed E-state index contributed by atoms with van der Waals surface area (Å²) in [6.07, 6.45) is 5.87. The fourth-order valence-corrected chi connectivity index (χ4v) is 3.85. The molecule has 0 N–H and O–H groups in total. The van der Waals surface area contributed by atoms with Crippen molar-refractivity contribution >= 4 is 6.09 Å². The number of likely N-dealkylation sites (tertiary alicyclic amines) is 1. The van der Waals surface area contributed by atoms with Crippen LogP contribution < -0.4 is 0 Å². The second kappa shape index (κ2) is 6.45. The standard InChI is InChI=1S/C18H30N2O2/c1-7-11-19-12-14-9-10-15(16(19)13(3)8-2)20(14)17(21)22-18(4,5)6/h7-8,13-16H,1-2,9-12H2,3-6H3/t13-,14-,15+,16-/m0/s1. The smallest absolute Gasteiger partial charge is 0.410 e. The molecule has 2 bridgehead atoms. The molecule has 2 rings (SSSR count). The third kappa shape index (κ3) is 3.37. The van der Waals surface area contributed by atoms with Gasteiger partial charge in [0.15, 0.2) is 0 Å². The number of fused-ring (bicyclic) bond motifs is 2. The fraction of sp³-hybridized carbons (Fsp3) is 0.722. The predicted octanol–water partition coefficient (Wildman–Crippen LogP) is 3.45. The van der Waals surface area contributed by atoms with Crippen LogP contribution in [0.2, 0.25) is 0 Å². The summed E-state index contributed by atoms with van der Waals surface area (Å²) >= 11 is 0. The van der Waals surface area contributed by atoms with Crippen LogP contribution in [0.25, 0.3) is 0 Å². The highest BCUT2D eigenvalue weighted by Crippen LogP contribution is 2.38. The summed E-state index contributed by atoms with van der Waals surface area (Å²) in [4.78, 5) is 17.1. The maximum absolute atomic E-state index is 12.6. The minimum Gasteiger partial charge on any atom is -0.444 e. The van der Waals surface area contributed by atoms with Crippen LogP contribution in [0.3, 0.4) is 0 Å². The second-order valence-electron chi connectivity index (χ2n) is 7.51. The molecule has 1 amide bonds. The number of hydrogen-bond acceptors (Lipinski definition) is 3. The first-order chi connectivity index (χ1) is 10.3. The summed E-state index contributed by atoms with van der Waals surface area (Å²) in [5, 5.41) is 0. The molecule has 2 aliphatic heterocycles. The van der Waals surface area contributed by atoms with Crippen LogP contribution in [0.15, 0.2) is 25.3 Å². The molecule has 0 aromatic carbocycles. The van der Waals surface area contributed by atoms with E-state index in [1.165, 1.54) is 0 Å². The normalized spacial score (nSPS) is 30.0. The van der Waals surface area contributed by atoms with Gasteiger partial charge in [-0.15, -0.1) is 13.2 Å². The molecule has 22 heavy (non-hydrogen) atoms. The highest BCUT2D eigenvalue weighted by atomic mass is 16.6. The molecule has 0 aromatic rings. The summed E-state index contributed by atoms with van der Waals surface area (Å²) in [5.41, 5.74) is -0.450. The molecule has 2 aliphatic rings. The summed E-state index contributed by atoms with van der Waals surface area (Å²) < 4.78 is 5.64. The SMILES string of the molecule is C=CCN1C[C@@H]2CC[C@H]([C@@H]1[C@@H](C)C=C)N2C(=O)OC(C)(C)C. The summed E-state index contributed by atoms with van der Waals surface area (Å²) in [5.74, 6) is 0.328. The van der Waals surface area contributed by atoms with Crippen molar-refractivity contribution in [2.75, 3.05) is 13.1 Å². The monoisotopic (exact) mass is 306 g/mol. The molecule has 2 fully saturated rings. The topological polar surface area (TPSA) is 32.8 Å². The lowest BCUT2D eigenvalue weighted by atomic mass is 9.91.